The smallest absolute Gasteiger partial charge is 0.219 e. The number of hydrogen-bond acceptors (Lipinski definition) is 3. The van der Waals surface area contributed by atoms with Crippen molar-refractivity contribution >= 4 is 10.0 Å². The summed E-state index contributed by atoms with van der Waals surface area (Å²) < 4.78 is 25.1. The first-order valence-corrected chi connectivity index (χ1v) is 7.77. The van der Waals surface area contributed by atoms with E-state index >= 15 is 0 Å². The molecule has 20 heavy (non-hydrogen) atoms. The fourth-order valence-corrected chi connectivity index (χ4v) is 2.95. The SMILES string of the molecule is CN(Cc1cccc(C#CCO)c1)S(=O)(=O)C(C)(C)C. The molecule has 0 aliphatic heterocycles. The number of aliphatic hydroxyl groups is 1. The fourth-order valence-electron chi connectivity index (χ4n) is 1.70. The van der Waals surface area contributed by atoms with Crippen molar-refractivity contribution in [2.75, 3.05) is 13.7 Å². The van der Waals surface area contributed by atoms with Crippen molar-refractivity contribution in [1.82, 2.24) is 4.31 Å². The molecule has 0 bridgehead atoms. The second-order valence-corrected chi connectivity index (χ2v) is 8.33. The maximum absolute atomic E-state index is 12.3. The van der Waals surface area contributed by atoms with E-state index in [0.29, 0.717) is 6.54 Å². The van der Waals surface area contributed by atoms with Gasteiger partial charge in [0.15, 0.2) is 0 Å². The van der Waals surface area contributed by atoms with Crippen LogP contribution in [0.5, 0.6) is 0 Å². The molecule has 0 fully saturated rings. The summed E-state index contributed by atoms with van der Waals surface area (Å²) in [5.41, 5.74) is 1.63. The lowest BCUT2D eigenvalue weighted by atomic mass is 10.1. The van der Waals surface area contributed by atoms with Gasteiger partial charge in [0.25, 0.3) is 0 Å². The van der Waals surface area contributed by atoms with Gasteiger partial charge in [-0.15, -0.1) is 0 Å². The number of benzene rings is 1. The predicted molar refractivity (Wildman–Crippen MR) is 80.5 cm³/mol. The lowest BCUT2D eigenvalue weighted by molar-refractivity contribution is 0.350. The molecular weight excluding hydrogens is 274 g/mol. The summed E-state index contributed by atoms with van der Waals surface area (Å²) in [6.07, 6.45) is 0. The predicted octanol–water partition coefficient (Wildman–Crippen LogP) is 1.59. The molecule has 0 atom stereocenters. The highest BCUT2D eigenvalue weighted by atomic mass is 32.2. The minimum atomic E-state index is -3.35. The molecule has 1 aromatic carbocycles. The van der Waals surface area contributed by atoms with Crippen LogP contribution in [0.3, 0.4) is 0 Å². The zero-order valence-electron chi connectivity index (χ0n) is 12.3. The van der Waals surface area contributed by atoms with Gasteiger partial charge in [0, 0.05) is 19.2 Å². The molecule has 4 nitrogen and oxygen atoms in total. The van der Waals surface area contributed by atoms with Crippen LogP contribution in [-0.2, 0) is 16.6 Å². The van der Waals surface area contributed by atoms with Crippen LogP contribution in [0, 0.1) is 11.8 Å². The molecule has 0 aliphatic rings. The van der Waals surface area contributed by atoms with Gasteiger partial charge in [-0.1, -0.05) is 24.0 Å². The molecule has 0 radical (unpaired) electrons. The van der Waals surface area contributed by atoms with Crippen molar-refractivity contribution in [3.63, 3.8) is 0 Å². The van der Waals surface area contributed by atoms with Gasteiger partial charge in [-0.25, -0.2) is 12.7 Å². The molecule has 5 heteroatoms. The summed E-state index contributed by atoms with van der Waals surface area (Å²) >= 11 is 0. The standard InChI is InChI=1S/C15H21NO3S/c1-15(2,3)20(18,19)16(4)12-14-8-5-7-13(11-14)9-6-10-17/h5,7-8,11,17H,10,12H2,1-4H3. The Kier molecular flexibility index (Phi) is 5.35. The van der Waals surface area contributed by atoms with Crippen LogP contribution in [0.1, 0.15) is 31.9 Å². The van der Waals surface area contributed by atoms with Crippen molar-refractivity contribution in [2.45, 2.75) is 32.1 Å². The second-order valence-electron chi connectivity index (χ2n) is 5.53. The molecule has 110 valence electrons. The van der Waals surface area contributed by atoms with Crippen molar-refractivity contribution in [3.05, 3.63) is 35.4 Å². The van der Waals surface area contributed by atoms with Crippen LogP contribution in [0.2, 0.25) is 0 Å². The van der Waals surface area contributed by atoms with E-state index in [4.69, 9.17) is 5.11 Å². The Balaban J connectivity index is 2.95. The van der Waals surface area contributed by atoms with Crippen molar-refractivity contribution in [1.29, 1.82) is 0 Å². The Labute approximate surface area is 121 Å². The van der Waals surface area contributed by atoms with Crippen LogP contribution in [0.4, 0.5) is 0 Å². The first kappa shape index (κ1) is 16.7. The van der Waals surface area contributed by atoms with E-state index in [9.17, 15) is 8.42 Å². The Morgan fingerprint density at radius 3 is 2.50 bits per heavy atom. The maximum Gasteiger partial charge on any atom is 0.219 e. The Bertz CT molecular complexity index is 618. The third kappa shape index (κ3) is 4.07. The molecule has 1 aromatic rings. The molecule has 1 N–H and O–H groups in total. The molecule has 0 amide bonds. The monoisotopic (exact) mass is 295 g/mol. The van der Waals surface area contributed by atoms with Crippen molar-refractivity contribution in [2.24, 2.45) is 0 Å². The highest BCUT2D eigenvalue weighted by Crippen LogP contribution is 2.20. The average Bonchev–Trinajstić information content (AvgIpc) is 2.35. The van der Waals surface area contributed by atoms with Gasteiger partial charge in [0.05, 0.1) is 4.75 Å². The number of rotatable bonds is 3. The van der Waals surface area contributed by atoms with E-state index in [1.54, 1.807) is 27.8 Å². The topological polar surface area (TPSA) is 57.6 Å². The molecule has 1 rings (SSSR count). The molecule has 0 saturated heterocycles. The Morgan fingerprint density at radius 2 is 1.95 bits per heavy atom. The average molecular weight is 295 g/mol. The third-order valence-electron chi connectivity index (χ3n) is 2.83. The lowest BCUT2D eigenvalue weighted by Crippen LogP contribution is -2.40. The number of aliphatic hydroxyl groups excluding tert-OH is 1. The summed E-state index contributed by atoms with van der Waals surface area (Å²) in [6, 6.07) is 7.34. The number of hydrogen-bond donors (Lipinski definition) is 1. The maximum atomic E-state index is 12.3. The minimum absolute atomic E-state index is 0.192. The molecule has 0 heterocycles. The Morgan fingerprint density at radius 1 is 1.30 bits per heavy atom. The van der Waals surface area contributed by atoms with Gasteiger partial charge in [-0.2, -0.15) is 0 Å². The normalized spacial score (nSPS) is 12.1. The number of nitrogens with zero attached hydrogens (tertiary/aromatic N) is 1. The molecule has 0 unspecified atom stereocenters. The second kappa shape index (κ2) is 6.40. The molecular formula is C15H21NO3S. The zero-order chi connectivity index (χ0) is 15.4. The minimum Gasteiger partial charge on any atom is -0.384 e. The molecule has 0 aromatic heterocycles. The van der Waals surface area contributed by atoms with Crippen LogP contribution in [0.25, 0.3) is 0 Å². The summed E-state index contributed by atoms with van der Waals surface area (Å²) in [7, 11) is -1.77. The third-order valence-corrected chi connectivity index (χ3v) is 5.33. The lowest BCUT2D eigenvalue weighted by Gasteiger charge is -2.26. The molecule has 0 saturated carbocycles. The van der Waals surface area contributed by atoms with Gasteiger partial charge in [-0.3, -0.25) is 0 Å². The molecule has 0 aliphatic carbocycles. The van der Waals surface area contributed by atoms with Crippen molar-refractivity contribution in [3.8, 4) is 11.8 Å². The summed E-state index contributed by atoms with van der Waals surface area (Å²) in [4.78, 5) is 0. The van der Waals surface area contributed by atoms with Gasteiger partial charge < -0.3 is 5.11 Å². The first-order chi connectivity index (χ1) is 9.18. The quantitative estimate of drug-likeness (QED) is 0.862. The van der Waals surface area contributed by atoms with Crippen LogP contribution >= 0.6 is 0 Å². The highest BCUT2D eigenvalue weighted by Gasteiger charge is 2.32. The van der Waals surface area contributed by atoms with Crippen LogP contribution in [0.15, 0.2) is 24.3 Å². The van der Waals surface area contributed by atoms with E-state index in [2.05, 4.69) is 11.8 Å². The van der Waals surface area contributed by atoms with Gasteiger partial charge in [0.1, 0.15) is 6.61 Å². The molecule has 0 spiro atoms. The summed E-state index contributed by atoms with van der Waals surface area (Å²) in [6.45, 7) is 5.16. The van der Waals surface area contributed by atoms with Gasteiger partial charge >= 0.3 is 0 Å². The van der Waals surface area contributed by atoms with Gasteiger partial charge in [-0.05, 0) is 38.5 Å². The van der Waals surface area contributed by atoms with Gasteiger partial charge in [0.2, 0.25) is 10.0 Å². The van der Waals surface area contributed by atoms with E-state index in [0.717, 1.165) is 11.1 Å². The highest BCUT2D eigenvalue weighted by molar-refractivity contribution is 7.90. The Hall–Kier alpha value is -1.35. The summed E-state index contributed by atoms with van der Waals surface area (Å²) in [5.74, 6) is 5.38. The largest absolute Gasteiger partial charge is 0.384 e. The van der Waals surface area contributed by atoms with Crippen molar-refractivity contribution < 1.29 is 13.5 Å². The number of sulfonamides is 1. The van der Waals surface area contributed by atoms with Crippen LogP contribution in [-0.4, -0.2) is 36.2 Å². The van der Waals surface area contributed by atoms with E-state index in [1.165, 1.54) is 4.31 Å². The summed E-state index contributed by atoms with van der Waals surface area (Å²) in [5, 5.41) is 8.68. The zero-order valence-corrected chi connectivity index (χ0v) is 13.2. The van der Waals surface area contributed by atoms with E-state index < -0.39 is 14.8 Å². The van der Waals surface area contributed by atoms with E-state index in [-0.39, 0.29) is 6.61 Å². The van der Waals surface area contributed by atoms with Crippen LogP contribution < -0.4 is 0 Å². The first-order valence-electron chi connectivity index (χ1n) is 6.33. The van der Waals surface area contributed by atoms with E-state index in [1.807, 2.05) is 24.3 Å². The fraction of sp³-hybridized carbons (Fsp3) is 0.467.